The molecular formula is C27H28N8. The van der Waals surface area contributed by atoms with Crippen molar-refractivity contribution in [2.24, 2.45) is 0 Å². The summed E-state index contributed by atoms with van der Waals surface area (Å²) >= 11 is 0. The van der Waals surface area contributed by atoms with Gasteiger partial charge in [0, 0.05) is 18.0 Å². The van der Waals surface area contributed by atoms with Crippen LogP contribution < -0.4 is 0 Å². The maximum absolute atomic E-state index is 5.14. The molecule has 0 aliphatic heterocycles. The highest BCUT2D eigenvalue weighted by atomic mass is 15.5. The Bertz CT molecular complexity index is 1460. The zero-order valence-corrected chi connectivity index (χ0v) is 20.1. The Labute approximate surface area is 203 Å². The van der Waals surface area contributed by atoms with Crippen molar-refractivity contribution in [3.8, 4) is 22.5 Å². The molecule has 0 amide bonds. The second-order valence-electron chi connectivity index (χ2n) is 9.45. The number of benzene rings is 2. The second-order valence-corrected chi connectivity index (χ2v) is 9.45. The number of fused-ring (bicyclic) bond motifs is 1. The normalized spacial score (nSPS) is 14.6. The Morgan fingerprint density at radius 2 is 1.60 bits per heavy atom. The minimum Gasteiger partial charge on any atom is -0.322 e. The van der Waals surface area contributed by atoms with Crippen LogP contribution in [-0.4, -0.2) is 40.4 Å². The van der Waals surface area contributed by atoms with Crippen LogP contribution in [0.1, 0.15) is 60.8 Å². The Kier molecular flexibility index (Phi) is 5.56. The summed E-state index contributed by atoms with van der Waals surface area (Å²) in [5.74, 6) is 2.35. The van der Waals surface area contributed by atoms with Gasteiger partial charge in [-0.05, 0) is 53.8 Å². The van der Waals surface area contributed by atoms with E-state index in [0.717, 1.165) is 45.7 Å². The summed E-state index contributed by atoms with van der Waals surface area (Å²) in [5, 5.41) is 23.2. The number of H-pyrrole nitrogens is 1. The Morgan fingerprint density at radius 3 is 2.34 bits per heavy atom. The molecule has 1 fully saturated rings. The SMILES string of the molecule is Cc1nnc(C)c2c1nc(C1CCCCC1)n2Cc1ccc(-c2ccccc2-c2nnn[nH]2)cc1. The third kappa shape index (κ3) is 3.99. The average molecular weight is 465 g/mol. The van der Waals surface area contributed by atoms with Crippen LogP contribution in [0.25, 0.3) is 33.5 Å². The van der Waals surface area contributed by atoms with Gasteiger partial charge in [-0.2, -0.15) is 10.2 Å². The van der Waals surface area contributed by atoms with E-state index < -0.39 is 0 Å². The molecule has 3 aromatic heterocycles. The summed E-state index contributed by atoms with van der Waals surface area (Å²) in [4.78, 5) is 5.14. The van der Waals surface area contributed by atoms with Crippen LogP contribution in [0.3, 0.4) is 0 Å². The molecule has 1 N–H and O–H groups in total. The van der Waals surface area contributed by atoms with Crippen LogP contribution in [0.15, 0.2) is 48.5 Å². The lowest BCUT2D eigenvalue weighted by atomic mass is 9.88. The van der Waals surface area contributed by atoms with Gasteiger partial charge in [0.1, 0.15) is 11.3 Å². The van der Waals surface area contributed by atoms with Crippen molar-refractivity contribution >= 4 is 11.0 Å². The molecule has 6 rings (SSSR count). The maximum Gasteiger partial charge on any atom is 0.180 e. The quantitative estimate of drug-likeness (QED) is 0.375. The highest BCUT2D eigenvalue weighted by Gasteiger charge is 2.24. The van der Waals surface area contributed by atoms with E-state index in [1.54, 1.807) is 0 Å². The molecule has 1 aliphatic rings. The largest absolute Gasteiger partial charge is 0.322 e. The van der Waals surface area contributed by atoms with E-state index in [1.807, 2.05) is 32.0 Å². The lowest BCUT2D eigenvalue weighted by molar-refractivity contribution is 0.420. The first kappa shape index (κ1) is 21.6. The molecule has 3 heterocycles. The van der Waals surface area contributed by atoms with Crippen LogP contribution >= 0.6 is 0 Å². The summed E-state index contributed by atoms with van der Waals surface area (Å²) < 4.78 is 2.39. The Balaban J connectivity index is 1.38. The number of aromatic nitrogens is 8. The molecule has 1 aliphatic carbocycles. The molecule has 8 nitrogen and oxygen atoms in total. The van der Waals surface area contributed by atoms with Gasteiger partial charge in [0.2, 0.25) is 0 Å². The number of rotatable bonds is 5. The van der Waals surface area contributed by atoms with E-state index in [2.05, 4.69) is 65.7 Å². The molecule has 5 aromatic rings. The number of imidazole rings is 1. The van der Waals surface area contributed by atoms with Gasteiger partial charge in [0.15, 0.2) is 5.82 Å². The molecular weight excluding hydrogens is 436 g/mol. The first-order valence-corrected chi connectivity index (χ1v) is 12.3. The van der Waals surface area contributed by atoms with Crippen molar-refractivity contribution < 1.29 is 0 Å². The van der Waals surface area contributed by atoms with E-state index in [9.17, 15) is 0 Å². The number of nitrogens with one attached hydrogen (secondary N) is 1. The van der Waals surface area contributed by atoms with Gasteiger partial charge in [-0.15, -0.1) is 5.10 Å². The summed E-state index contributed by atoms with van der Waals surface area (Å²) in [6.45, 7) is 4.81. The van der Waals surface area contributed by atoms with Crippen LogP contribution in [-0.2, 0) is 6.54 Å². The third-order valence-electron chi connectivity index (χ3n) is 7.14. The highest BCUT2D eigenvalue weighted by molar-refractivity contribution is 5.81. The third-order valence-corrected chi connectivity index (χ3v) is 7.14. The number of nitrogens with zero attached hydrogens (tertiary/aromatic N) is 7. The van der Waals surface area contributed by atoms with Gasteiger partial charge in [-0.25, -0.2) is 10.1 Å². The van der Waals surface area contributed by atoms with Crippen LogP contribution in [0.4, 0.5) is 0 Å². The van der Waals surface area contributed by atoms with Crippen molar-refractivity contribution in [1.29, 1.82) is 0 Å². The van der Waals surface area contributed by atoms with Gasteiger partial charge >= 0.3 is 0 Å². The van der Waals surface area contributed by atoms with Crippen molar-refractivity contribution in [3.05, 3.63) is 71.3 Å². The molecule has 35 heavy (non-hydrogen) atoms. The van der Waals surface area contributed by atoms with Gasteiger partial charge < -0.3 is 4.57 Å². The van der Waals surface area contributed by atoms with Crippen LogP contribution in [0.2, 0.25) is 0 Å². The Morgan fingerprint density at radius 1 is 0.857 bits per heavy atom. The lowest BCUT2D eigenvalue weighted by Gasteiger charge is -2.22. The lowest BCUT2D eigenvalue weighted by Crippen LogP contribution is -2.13. The van der Waals surface area contributed by atoms with Crippen LogP contribution in [0, 0.1) is 13.8 Å². The Hall–Kier alpha value is -3.94. The average Bonchev–Trinajstić information content (AvgIpc) is 3.57. The van der Waals surface area contributed by atoms with E-state index in [0.29, 0.717) is 11.7 Å². The van der Waals surface area contributed by atoms with Crippen molar-refractivity contribution in [3.63, 3.8) is 0 Å². The van der Waals surface area contributed by atoms with Gasteiger partial charge in [-0.1, -0.05) is 67.8 Å². The molecule has 0 atom stereocenters. The fourth-order valence-corrected chi connectivity index (χ4v) is 5.35. The summed E-state index contributed by atoms with van der Waals surface area (Å²) in [6.07, 6.45) is 6.28. The minimum absolute atomic E-state index is 0.497. The summed E-state index contributed by atoms with van der Waals surface area (Å²) in [6, 6.07) is 16.9. The zero-order valence-electron chi connectivity index (χ0n) is 20.1. The van der Waals surface area contributed by atoms with Gasteiger partial charge in [0.05, 0.1) is 16.9 Å². The maximum atomic E-state index is 5.14. The fraction of sp³-hybridized carbons (Fsp3) is 0.333. The van der Waals surface area contributed by atoms with Gasteiger partial charge in [-0.3, -0.25) is 0 Å². The number of aryl methyl sites for hydroxylation is 2. The molecule has 0 unspecified atom stereocenters. The van der Waals surface area contributed by atoms with E-state index in [1.165, 1.54) is 43.5 Å². The molecule has 1 saturated carbocycles. The first-order valence-electron chi connectivity index (χ1n) is 12.3. The summed E-state index contributed by atoms with van der Waals surface area (Å²) in [7, 11) is 0. The second kappa shape index (κ2) is 9.02. The zero-order chi connectivity index (χ0) is 23.8. The van der Waals surface area contributed by atoms with Gasteiger partial charge in [0.25, 0.3) is 0 Å². The molecule has 0 bridgehead atoms. The predicted molar refractivity (Wildman–Crippen MR) is 135 cm³/mol. The molecule has 0 radical (unpaired) electrons. The summed E-state index contributed by atoms with van der Waals surface area (Å²) in [5.41, 5.74) is 8.38. The number of aromatic amines is 1. The molecule has 176 valence electrons. The topological polar surface area (TPSA) is 98.1 Å². The molecule has 0 saturated heterocycles. The molecule has 0 spiro atoms. The standard InChI is InChI=1S/C27H28N8/c1-17-24-25(18(2)30-29-17)35(27(28-24)21-8-4-3-5-9-21)16-19-12-14-20(15-13-19)22-10-6-7-11-23(22)26-31-33-34-32-26/h6-7,10-15,21H,3-5,8-9,16H2,1-2H3,(H,31,32,33,34). The molecule has 2 aromatic carbocycles. The number of hydrogen-bond donors (Lipinski definition) is 1. The van der Waals surface area contributed by atoms with E-state index >= 15 is 0 Å². The van der Waals surface area contributed by atoms with Crippen molar-refractivity contribution in [2.75, 3.05) is 0 Å². The monoisotopic (exact) mass is 464 g/mol. The van der Waals surface area contributed by atoms with Crippen LogP contribution in [0.5, 0.6) is 0 Å². The minimum atomic E-state index is 0.497. The fourth-order valence-electron chi connectivity index (χ4n) is 5.35. The van der Waals surface area contributed by atoms with E-state index in [-0.39, 0.29) is 0 Å². The van der Waals surface area contributed by atoms with Crippen molar-refractivity contribution in [2.45, 2.75) is 58.4 Å². The van der Waals surface area contributed by atoms with Crippen molar-refractivity contribution in [1.82, 2.24) is 40.4 Å². The predicted octanol–water partition coefficient (Wildman–Crippen LogP) is 5.39. The highest BCUT2D eigenvalue weighted by Crippen LogP contribution is 2.35. The molecule has 8 heteroatoms. The number of hydrogen-bond acceptors (Lipinski definition) is 6. The smallest absolute Gasteiger partial charge is 0.180 e. The first-order chi connectivity index (χ1) is 17.2. The van der Waals surface area contributed by atoms with E-state index in [4.69, 9.17) is 4.98 Å². The number of tetrazole rings is 1.